The number of carbonyl (C=O) groups excluding carboxylic acids is 1. The van der Waals surface area contributed by atoms with Crippen LogP contribution in [0.2, 0.25) is 0 Å². The van der Waals surface area contributed by atoms with Crippen molar-refractivity contribution in [2.24, 2.45) is 0 Å². The summed E-state index contributed by atoms with van der Waals surface area (Å²) >= 11 is 1.02. The van der Waals surface area contributed by atoms with Gasteiger partial charge in [-0.15, -0.1) is 11.3 Å². The highest BCUT2D eigenvalue weighted by atomic mass is 32.1. The second-order valence-electron chi connectivity index (χ2n) is 6.41. The molecule has 0 saturated carbocycles. The quantitative estimate of drug-likeness (QED) is 0.591. The number of thiophene rings is 1. The van der Waals surface area contributed by atoms with Crippen LogP contribution in [0.25, 0.3) is 10.2 Å². The van der Waals surface area contributed by atoms with Gasteiger partial charge in [0.15, 0.2) is 0 Å². The summed E-state index contributed by atoms with van der Waals surface area (Å²) in [7, 11) is 0. The number of esters is 1. The van der Waals surface area contributed by atoms with Gasteiger partial charge in [0.1, 0.15) is 16.3 Å². The summed E-state index contributed by atoms with van der Waals surface area (Å²) < 4.78 is 7.12. The second kappa shape index (κ2) is 8.44. The van der Waals surface area contributed by atoms with E-state index in [1.54, 1.807) is 13.8 Å². The van der Waals surface area contributed by atoms with E-state index in [4.69, 9.17) is 9.84 Å². The maximum Gasteiger partial charge on any atom is 0.348 e. The topological polar surface area (TPSA) is 108 Å². The van der Waals surface area contributed by atoms with Gasteiger partial charge in [-0.3, -0.25) is 14.2 Å². The summed E-state index contributed by atoms with van der Waals surface area (Å²) in [6.45, 7) is 2.95. The highest BCUT2D eigenvalue weighted by Crippen LogP contribution is 2.28. The minimum absolute atomic E-state index is 0.173. The fourth-order valence-corrected chi connectivity index (χ4v) is 4.36. The summed E-state index contributed by atoms with van der Waals surface area (Å²) in [6.07, 6.45) is 0.507. The number of benzene rings is 1. The molecule has 2 aromatic heterocycles. The lowest BCUT2D eigenvalue weighted by molar-refractivity contribution is -0.137. The Morgan fingerprint density at radius 2 is 1.83 bits per heavy atom. The molecular weight excluding hydrogens is 396 g/mol. The van der Waals surface area contributed by atoms with Crippen LogP contribution in [0.1, 0.15) is 27.7 Å². The molecule has 1 aromatic carbocycles. The molecule has 2 heterocycles. The van der Waals surface area contributed by atoms with Crippen molar-refractivity contribution < 1.29 is 19.4 Å². The zero-order chi connectivity index (χ0) is 21.1. The maximum absolute atomic E-state index is 12.9. The Hall–Kier alpha value is -3.20. The molecule has 0 aliphatic heterocycles. The summed E-state index contributed by atoms with van der Waals surface area (Å²) in [4.78, 5) is 49.9. The van der Waals surface area contributed by atoms with Gasteiger partial charge in [0.05, 0.1) is 12.0 Å². The van der Waals surface area contributed by atoms with Crippen LogP contribution in [-0.2, 0) is 29.0 Å². The fourth-order valence-electron chi connectivity index (χ4n) is 3.14. The summed E-state index contributed by atoms with van der Waals surface area (Å²) in [5.41, 5.74) is -0.0476. The molecule has 0 bridgehead atoms. The van der Waals surface area contributed by atoms with Crippen LogP contribution in [0.3, 0.4) is 0 Å². The number of aromatic nitrogens is 2. The highest BCUT2D eigenvalue weighted by molar-refractivity contribution is 7.20. The SMILES string of the molecule is CCOC(=O)c1sc2c(c1C)c(=O)n(CC(=O)O)c(=O)n2CCc1ccccc1. The first-order valence-electron chi connectivity index (χ1n) is 9.04. The molecule has 0 atom stereocenters. The number of nitrogens with zero attached hydrogens (tertiary/aromatic N) is 2. The number of carboxylic acids is 1. The minimum atomic E-state index is -1.29. The molecule has 9 heteroatoms. The van der Waals surface area contributed by atoms with E-state index in [-0.39, 0.29) is 23.4 Å². The molecule has 29 heavy (non-hydrogen) atoms. The molecule has 0 saturated heterocycles. The molecule has 1 N–H and O–H groups in total. The first kappa shape index (κ1) is 20.5. The number of ether oxygens (including phenoxy) is 1. The zero-order valence-electron chi connectivity index (χ0n) is 16.0. The molecule has 3 rings (SSSR count). The van der Waals surface area contributed by atoms with Crippen LogP contribution in [0, 0.1) is 6.92 Å². The van der Waals surface area contributed by atoms with Crippen LogP contribution in [0.5, 0.6) is 0 Å². The Labute approximate surface area is 169 Å². The van der Waals surface area contributed by atoms with Gasteiger partial charge in [0.2, 0.25) is 0 Å². The molecule has 3 aromatic rings. The largest absolute Gasteiger partial charge is 0.480 e. The third-order valence-corrected chi connectivity index (χ3v) is 5.81. The van der Waals surface area contributed by atoms with Gasteiger partial charge in [0, 0.05) is 6.54 Å². The third-order valence-electron chi connectivity index (χ3n) is 4.52. The predicted molar refractivity (Wildman–Crippen MR) is 109 cm³/mol. The van der Waals surface area contributed by atoms with Crippen LogP contribution in [0.4, 0.5) is 0 Å². The summed E-state index contributed by atoms with van der Waals surface area (Å²) in [5, 5.41) is 9.31. The van der Waals surface area contributed by atoms with E-state index in [2.05, 4.69) is 0 Å². The average molecular weight is 416 g/mol. The first-order chi connectivity index (χ1) is 13.8. The molecule has 0 unspecified atom stereocenters. The second-order valence-corrected chi connectivity index (χ2v) is 7.41. The Morgan fingerprint density at radius 1 is 1.14 bits per heavy atom. The van der Waals surface area contributed by atoms with Crippen LogP contribution in [0.15, 0.2) is 39.9 Å². The Morgan fingerprint density at radius 3 is 2.45 bits per heavy atom. The molecule has 0 aliphatic rings. The van der Waals surface area contributed by atoms with Crippen molar-refractivity contribution in [3.05, 3.63) is 67.2 Å². The van der Waals surface area contributed by atoms with Crippen molar-refractivity contribution in [2.45, 2.75) is 33.4 Å². The molecule has 0 spiro atoms. The maximum atomic E-state index is 12.9. The van der Waals surface area contributed by atoms with Gasteiger partial charge >= 0.3 is 17.6 Å². The number of hydrogen-bond donors (Lipinski definition) is 1. The van der Waals surface area contributed by atoms with Crippen LogP contribution in [-0.4, -0.2) is 32.8 Å². The van der Waals surface area contributed by atoms with Crippen LogP contribution < -0.4 is 11.2 Å². The van der Waals surface area contributed by atoms with E-state index in [0.29, 0.717) is 21.4 Å². The van der Waals surface area contributed by atoms with Crippen molar-refractivity contribution in [2.75, 3.05) is 6.61 Å². The molecule has 0 amide bonds. The number of hydrogen-bond acceptors (Lipinski definition) is 6. The zero-order valence-corrected chi connectivity index (χ0v) is 16.8. The number of aryl methyl sites for hydroxylation is 3. The number of carboxylic acid groups (broad SMARTS) is 1. The molecule has 0 aliphatic carbocycles. The molecule has 152 valence electrons. The minimum Gasteiger partial charge on any atom is -0.480 e. The lowest BCUT2D eigenvalue weighted by atomic mass is 10.1. The summed E-state index contributed by atoms with van der Waals surface area (Å²) in [6, 6.07) is 9.48. The first-order valence-corrected chi connectivity index (χ1v) is 9.86. The molecule has 0 radical (unpaired) electrons. The number of fused-ring (bicyclic) bond motifs is 1. The molecule has 0 fully saturated rings. The van der Waals surface area contributed by atoms with E-state index in [0.717, 1.165) is 16.9 Å². The monoisotopic (exact) mass is 416 g/mol. The van der Waals surface area contributed by atoms with Gasteiger partial charge in [0.25, 0.3) is 5.56 Å². The van der Waals surface area contributed by atoms with Crippen molar-refractivity contribution in [3.8, 4) is 0 Å². The average Bonchev–Trinajstić information content (AvgIpc) is 3.03. The lowest BCUT2D eigenvalue weighted by Crippen LogP contribution is -2.41. The lowest BCUT2D eigenvalue weighted by Gasteiger charge is -2.11. The Balaban J connectivity index is 2.22. The standard InChI is InChI=1S/C20H20N2O6S/c1-3-28-19(26)16-12(2)15-17(25)22(11-14(23)24)20(27)21(18(15)29-16)10-9-13-7-5-4-6-8-13/h4-8H,3,9-11H2,1-2H3,(H,23,24). The van der Waals surface area contributed by atoms with E-state index in [1.807, 2.05) is 30.3 Å². The normalized spacial score (nSPS) is 11.0. The van der Waals surface area contributed by atoms with Crippen molar-refractivity contribution in [1.29, 1.82) is 0 Å². The predicted octanol–water partition coefficient (Wildman–Crippen LogP) is 2.04. The van der Waals surface area contributed by atoms with E-state index in [9.17, 15) is 19.2 Å². The Kier molecular flexibility index (Phi) is 5.97. The van der Waals surface area contributed by atoms with E-state index in [1.165, 1.54) is 4.57 Å². The van der Waals surface area contributed by atoms with Crippen molar-refractivity contribution in [1.82, 2.24) is 9.13 Å². The highest BCUT2D eigenvalue weighted by Gasteiger charge is 2.24. The smallest absolute Gasteiger partial charge is 0.348 e. The van der Waals surface area contributed by atoms with E-state index < -0.39 is 29.7 Å². The van der Waals surface area contributed by atoms with Gasteiger partial charge in [-0.25, -0.2) is 14.2 Å². The van der Waals surface area contributed by atoms with Crippen molar-refractivity contribution >= 4 is 33.5 Å². The van der Waals surface area contributed by atoms with Gasteiger partial charge in [-0.1, -0.05) is 30.3 Å². The van der Waals surface area contributed by atoms with E-state index >= 15 is 0 Å². The summed E-state index contributed by atoms with van der Waals surface area (Å²) in [5.74, 6) is -1.87. The third kappa shape index (κ3) is 4.00. The molecular formula is C20H20N2O6S. The Bertz CT molecular complexity index is 1190. The molecule has 8 nitrogen and oxygen atoms in total. The van der Waals surface area contributed by atoms with Crippen molar-refractivity contribution in [3.63, 3.8) is 0 Å². The number of aliphatic carboxylic acids is 1. The number of carbonyl (C=O) groups is 2. The number of rotatable bonds is 7. The van der Waals surface area contributed by atoms with Gasteiger partial charge in [-0.05, 0) is 31.4 Å². The fraction of sp³-hybridized carbons (Fsp3) is 0.300. The van der Waals surface area contributed by atoms with Gasteiger partial charge in [-0.2, -0.15) is 0 Å². The van der Waals surface area contributed by atoms with Gasteiger partial charge < -0.3 is 9.84 Å². The van der Waals surface area contributed by atoms with Crippen LogP contribution >= 0.6 is 11.3 Å².